The molecule has 1 rings (SSSR count). The third-order valence-electron chi connectivity index (χ3n) is 3.02. The van der Waals surface area contributed by atoms with Crippen LogP contribution in [0.5, 0.6) is 11.5 Å². The standard InChI is InChI=1S/C16H27N3O2/c1-5-7-8-11-18-16(17-3)19-13-9-10-14(21-6-2)15(12-13)20-4/h9-10,12H,5-8,11H2,1-4H3,(H2,17,18,19). The maximum atomic E-state index is 5.51. The average Bonchev–Trinajstić information content (AvgIpc) is 2.51. The molecule has 0 radical (unpaired) electrons. The van der Waals surface area contributed by atoms with Crippen molar-refractivity contribution in [1.29, 1.82) is 0 Å². The Morgan fingerprint density at radius 3 is 2.62 bits per heavy atom. The quantitative estimate of drug-likeness (QED) is 0.439. The van der Waals surface area contributed by atoms with Crippen LogP contribution in [0.1, 0.15) is 33.1 Å². The topological polar surface area (TPSA) is 54.9 Å². The molecule has 0 atom stereocenters. The number of methoxy groups -OCH3 is 1. The van der Waals surface area contributed by atoms with Crippen LogP contribution in [-0.2, 0) is 0 Å². The number of rotatable bonds is 8. The van der Waals surface area contributed by atoms with E-state index in [1.54, 1.807) is 14.2 Å². The van der Waals surface area contributed by atoms with Crippen molar-refractivity contribution in [1.82, 2.24) is 5.32 Å². The zero-order valence-electron chi connectivity index (χ0n) is 13.5. The van der Waals surface area contributed by atoms with E-state index in [-0.39, 0.29) is 0 Å². The maximum Gasteiger partial charge on any atom is 0.195 e. The highest BCUT2D eigenvalue weighted by atomic mass is 16.5. The number of aliphatic imine (C=N–C) groups is 1. The molecule has 0 spiro atoms. The van der Waals surface area contributed by atoms with E-state index in [9.17, 15) is 0 Å². The zero-order chi connectivity index (χ0) is 15.5. The molecule has 5 heteroatoms. The lowest BCUT2D eigenvalue weighted by Gasteiger charge is -2.14. The number of unbranched alkanes of at least 4 members (excludes halogenated alkanes) is 2. The third kappa shape index (κ3) is 5.94. The van der Waals surface area contributed by atoms with Gasteiger partial charge in [-0.3, -0.25) is 4.99 Å². The van der Waals surface area contributed by atoms with Crippen LogP contribution in [0, 0.1) is 0 Å². The number of nitrogens with one attached hydrogen (secondary N) is 2. The predicted molar refractivity (Wildman–Crippen MR) is 88.7 cm³/mol. The molecule has 1 aromatic carbocycles. The van der Waals surface area contributed by atoms with Gasteiger partial charge in [0.2, 0.25) is 0 Å². The summed E-state index contributed by atoms with van der Waals surface area (Å²) in [7, 11) is 3.40. The Balaban J connectivity index is 2.63. The van der Waals surface area contributed by atoms with Crippen LogP contribution in [0.15, 0.2) is 23.2 Å². The van der Waals surface area contributed by atoms with Gasteiger partial charge in [-0.1, -0.05) is 19.8 Å². The minimum Gasteiger partial charge on any atom is -0.493 e. The van der Waals surface area contributed by atoms with Gasteiger partial charge < -0.3 is 20.1 Å². The van der Waals surface area contributed by atoms with E-state index in [1.807, 2.05) is 25.1 Å². The van der Waals surface area contributed by atoms with Gasteiger partial charge in [-0.05, 0) is 25.5 Å². The van der Waals surface area contributed by atoms with E-state index < -0.39 is 0 Å². The molecule has 0 aliphatic heterocycles. The summed E-state index contributed by atoms with van der Waals surface area (Å²) in [4.78, 5) is 4.22. The smallest absolute Gasteiger partial charge is 0.195 e. The molecular formula is C16H27N3O2. The van der Waals surface area contributed by atoms with Gasteiger partial charge in [-0.25, -0.2) is 0 Å². The number of hydrogen-bond donors (Lipinski definition) is 2. The molecule has 0 saturated carbocycles. The van der Waals surface area contributed by atoms with Gasteiger partial charge in [-0.2, -0.15) is 0 Å². The normalized spacial score (nSPS) is 11.1. The largest absolute Gasteiger partial charge is 0.493 e. The van der Waals surface area contributed by atoms with Gasteiger partial charge in [0.05, 0.1) is 13.7 Å². The summed E-state index contributed by atoms with van der Waals surface area (Å²) >= 11 is 0. The summed E-state index contributed by atoms with van der Waals surface area (Å²) in [6, 6.07) is 5.76. The van der Waals surface area contributed by atoms with Gasteiger partial charge >= 0.3 is 0 Å². The maximum absolute atomic E-state index is 5.51. The predicted octanol–water partition coefficient (Wildman–Crippen LogP) is 3.27. The summed E-state index contributed by atoms with van der Waals surface area (Å²) in [6.45, 7) is 5.68. The first-order valence-corrected chi connectivity index (χ1v) is 7.53. The molecule has 0 aromatic heterocycles. The monoisotopic (exact) mass is 293 g/mol. The highest BCUT2D eigenvalue weighted by Crippen LogP contribution is 2.30. The lowest BCUT2D eigenvalue weighted by Crippen LogP contribution is -2.31. The van der Waals surface area contributed by atoms with E-state index >= 15 is 0 Å². The molecule has 0 heterocycles. The van der Waals surface area contributed by atoms with Crippen LogP contribution in [-0.4, -0.2) is 33.3 Å². The van der Waals surface area contributed by atoms with Crippen molar-refractivity contribution in [2.75, 3.05) is 32.6 Å². The molecule has 118 valence electrons. The van der Waals surface area contributed by atoms with Crippen molar-refractivity contribution < 1.29 is 9.47 Å². The molecule has 0 unspecified atom stereocenters. The summed E-state index contributed by atoms with van der Waals surface area (Å²) in [5.74, 6) is 2.22. The van der Waals surface area contributed by atoms with Gasteiger partial charge in [0.1, 0.15) is 0 Å². The molecule has 0 aliphatic carbocycles. The summed E-state index contributed by atoms with van der Waals surface area (Å²) < 4.78 is 10.8. The van der Waals surface area contributed by atoms with Crippen molar-refractivity contribution in [2.24, 2.45) is 4.99 Å². The number of nitrogens with zero attached hydrogens (tertiary/aromatic N) is 1. The molecule has 0 amide bonds. The van der Waals surface area contributed by atoms with E-state index in [1.165, 1.54) is 12.8 Å². The van der Waals surface area contributed by atoms with Crippen molar-refractivity contribution in [2.45, 2.75) is 33.1 Å². The minimum atomic E-state index is 0.615. The first-order valence-electron chi connectivity index (χ1n) is 7.53. The molecule has 21 heavy (non-hydrogen) atoms. The van der Waals surface area contributed by atoms with Gasteiger partial charge in [-0.15, -0.1) is 0 Å². The Hall–Kier alpha value is -1.91. The molecule has 5 nitrogen and oxygen atoms in total. The second kappa shape index (κ2) is 9.91. The number of anilines is 1. The van der Waals surface area contributed by atoms with E-state index in [0.29, 0.717) is 12.4 Å². The Morgan fingerprint density at radius 2 is 2.00 bits per heavy atom. The SMILES string of the molecule is CCCCCNC(=NC)Nc1ccc(OCC)c(OC)c1. The second-order valence-electron chi connectivity index (χ2n) is 4.63. The van der Waals surface area contributed by atoms with Crippen LogP contribution >= 0.6 is 0 Å². The third-order valence-corrected chi connectivity index (χ3v) is 3.02. The Bertz CT molecular complexity index is 447. The zero-order valence-corrected chi connectivity index (χ0v) is 13.5. The second-order valence-corrected chi connectivity index (χ2v) is 4.63. The number of benzene rings is 1. The van der Waals surface area contributed by atoms with Crippen molar-refractivity contribution in [3.8, 4) is 11.5 Å². The Labute approximate surface area is 127 Å². The van der Waals surface area contributed by atoms with Crippen molar-refractivity contribution in [3.63, 3.8) is 0 Å². The summed E-state index contributed by atoms with van der Waals surface area (Å²) in [5, 5.41) is 6.55. The molecular weight excluding hydrogens is 266 g/mol. The highest BCUT2D eigenvalue weighted by Gasteiger charge is 2.06. The van der Waals surface area contributed by atoms with Gasteiger partial charge in [0.15, 0.2) is 17.5 Å². The van der Waals surface area contributed by atoms with Crippen LogP contribution in [0.4, 0.5) is 5.69 Å². The van der Waals surface area contributed by atoms with Crippen molar-refractivity contribution >= 4 is 11.6 Å². The number of guanidine groups is 1. The van der Waals surface area contributed by atoms with Crippen molar-refractivity contribution in [3.05, 3.63) is 18.2 Å². The van der Waals surface area contributed by atoms with Gasteiger partial charge in [0, 0.05) is 25.3 Å². The van der Waals surface area contributed by atoms with E-state index in [2.05, 4.69) is 22.5 Å². The van der Waals surface area contributed by atoms with Crippen LogP contribution in [0.3, 0.4) is 0 Å². The van der Waals surface area contributed by atoms with Crippen LogP contribution < -0.4 is 20.1 Å². The fraction of sp³-hybridized carbons (Fsp3) is 0.562. The lowest BCUT2D eigenvalue weighted by atomic mass is 10.2. The fourth-order valence-electron chi connectivity index (χ4n) is 1.92. The molecule has 0 aliphatic rings. The van der Waals surface area contributed by atoms with E-state index in [4.69, 9.17) is 9.47 Å². The van der Waals surface area contributed by atoms with Crippen LogP contribution in [0.25, 0.3) is 0 Å². The van der Waals surface area contributed by atoms with Crippen LogP contribution in [0.2, 0.25) is 0 Å². The minimum absolute atomic E-state index is 0.615. The number of hydrogen-bond acceptors (Lipinski definition) is 3. The molecule has 0 bridgehead atoms. The highest BCUT2D eigenvalue weighted by molar-refractivity contribution is 5.93. The molecule has 1 aromatic rings. The lowest BCUT2D eigenvalue weighted by molar-refractivity contribution is 0.311. The summed E-state index contributed by atoms with van der Waals surface area (Å²) in [5.41, 5.74) is 0.916. The Kier molecular flexibility index (Phi) is 8.09. The first kappa shape index (κ1) is 17.1. The summed E-state index contributed by atoms with van der Waals surface area (Å²) in [6.07, 6.45) is 3.58. The molecule has 2 N–H and O–H groups in total. The average molecular weight is 293 g/mol. The molecule has 0 saturated heterocycles. The van der Waals surface area contributed by atoms with E-state index in [0.717, 1.165) is 30.4 Å². The Morgan fingerprint density at radius 1 is 1.19 bits per heavy atom. The molecule has 0 fully saturated rings. The van der Waals surface area contributed by atoms with Gasteiger partial charge in [0.25, 0.3) is 0 Å². The first-order chi connectivity index (χ1) is 10.2. The fourth-order valence-corrected chi connectivity index (χ4v) is 1.92. The number of ether oxygens (including phenoxy) is 2.